The largest absolute Gasteiger partial charge is 0.430 e. The van der Waals surface area contributed by atoms with E-state index in [2.05, 4.69) is 4.40 Å². The van der Waals surface area contributed by atoms with Gasteiger partial charge in [0.25, 0.3) is 0 Å². The number of unbranched alkanes of at least 4 members (excludes halogenated alkanes) is 3. The lowest BCUT2D eigenvalue weighted by atomic mass is 10.1. The zero-order valence-electron chi connectivity index (χ0n) is 11.4. The van der Waals surface area contributed by atoms with Gasteiger partial charge in [0.1, 0.15) is 16.7 Å². The zero-order chi connectivity index (χ0) is 14.4. The van der Waals surface area contributed by atoms with Crippen LogP contribution in [0.1, 0.15) is 59.8 Å². The molecule has 0 spiro atoms. The molecule has 6 heteroatoms. The molecule has 0 aromatic carbocycles. The molecule has 0 N–H and O–H groups in total. The van der Waals surface area contributed by atoms with Crippen LogP contribution in [0.15, 0.2) is 4.40 Å². The molecule has 2 nitrogen and oxygen atoms in total. The minimum absolute atomic E-state index is 0.147. The van der Waals surface area contributed by atoms with Gasteiger partial charge in [-0.05, 0) is 33.6 Å². The van der Waals surface area contributed by atoms with E-state index in [1.54, 1.807) is 20.8 Å². The Balaban J connectivity index is 4.70. The van der Waals surface area contributed by atoms with E-state index < -0.39 is 27.6 Å². The fourth-order valence-electron chi connectivity index (χ4n) is 1.20. The molecule has 0 radical (unpaired) electrons. The maximum absolute atomic E-state index is 12.7. The summed E-state index contributed by atoms with van der Waals surface area (Å²) in [7, 11) is -1.85. The second-order valence-electron chi connectivity index (χ2n) is 5.21. The summed E-state index contributed by atoms with van der Waals surface area (Å²) in [4.78, 5) is 0. The van der Waals surface area contributed by atoms with Crippen LogP contribution in [-0.4, -0.2) is 20.8 Å². The fourth-order valence-corrected chi connectivity index (χ4v) is 1.86. The van der Waals surface area contributed by atoms with Gasteiger partial charge in [-0.3, -0.25) is 0 Å². The number of nitrogens with zero attached hydrogens (tertiary/aromatic N) is 1. The first-order chi connectivity index (χ1) is 8.09. The molecule has 1 unspecified atom stereocenters. The van der Waals surface area contributed by atoms with Gasteiger partial charge in [0.2, 0.25) is 0 Å². The lowest BCUT2D eigenvalue weighted by Crippen LogP contribution is -2.27. The molecular formula is C12H22F3NOS. The zero-order valence-corrected chi connectivity index (χ0v) is 12.2. The molecule has 0 aliphatic heterocycles. The Hall–Kier alpha value is -0.390. The van der Waals surface area contributed by atoms with Crippen molar-refractivity contribution in [3.63, 3.8) is 0 Å². The van der Waals surface area contributed by atoms with E-state index in [-0.39, 0.29) is 6.42 Å². The predicted molar refractivity (Wildman–Crippen MR) is 70.1 cm³/mol. The smallest absolute Gasteiger partial charge is 0.234 e. The number of rotatable bonds is 6. The fraction of sp³-hybridized carbons (Fsp3) is 0.917. The summed E-state index contributed by atoms with van der Waals surface area (Å²) in [6.07, 6.45) is -1.57. The molecule has 0 aliphatic carbocycles. The van der Waals surface area contributed by atoms with E-state index in [0.29, 0.717) is 6.42 Å². The van der Waals surface area contributed by atoms with E-state index in [0.717, 1.165) is 19.3 Å². The molecule has 1 atom stereocenters. The monoisotopic (exact) mass is 285 g/mol. The van der Waals surface area contributed by atoms with Crippen molar-refractivity contribution in [1.82, 2.24) is 0 Å². The minimum atomic E-state index is -4.48. The first kappa shape index (κ1) is 17.6. The van der Waals surface area contributed by atoms with E-state index in [4.69, 9.17) is 0 Å². The van der Waals surface area contributed by atoms with Gasteiger partial charge in [-0.25, -0.2) is 4.21 Å². The van der Waals surface area contributed by atoms with Gasteiger partial charge in [-0.15, -0.1) is 0 Å². The lowest BCUT2D eigenvalue weighted by molar-refractivity contribution is -0.0603. The third-order valence-corrected chi connectivity index (χ3v) is 3.75. The number of hydrogen-bond donors (Lipinski definition) is 0. The van der Waals surface area contributed by atoms with Crippen LogP contribution in [-0.2, 0) is 11.0 Å². The lowest BCUT2D eigenvalue weighted by Gasteiger charge is -2.16. The topological polar surface area (TPSA) is 29.4 Å². The van der Waals surface area contributed by atoms with Crippen LogP contribution in [0.25, 0.3) is 0 Å². The molecule has 0 fully saturated rings. The van der Waals surface area contributed by atoms with E-state index in [1.165, 1.54) is 0 Å². The van der Waals surface area contributed by atoms with Crippen LogP contribution in [0.3, 0.4) is 0 Å². The molecule has 0 saturated carbocycles. The summed E-state index contributed by atoms with van der Waals surface area (Å²) >= 11 is 0. The van der Waals surface area contributed by atoms with Crippen LogP contribution in [0, 0.1) is 0 Å². The van der Waals surface area contributed by atoms with E-state index in [9.17, 15) is 17.4 Å². The summed E-state index contributed by atoms with van der Waals surface area (Å²) in [6, 6.07) is 0. The minimum Gasteiger partial charge on any atom is -0.234 e. The van der Waals surface area contributed by atoms with E-state index >= 15 is 0 Å². The molecule has 108 valence electrons. The predicted octanol–water partition coefficient (Wildman–Crippen LogP) is 4.42. The van der Waals surface area contributed by atoms with Crippen molar-refractivity contribution in [1.29, 1.82) is 0 Å². The Bertz CT molecular complexity index is 305. The number of hydrogen-bond acceptors (Lipinski definition) is 1. The van der Waals surface area contributed by atoms with Gasteiger partial charge in [-0.1, -0.05) is 26.2 Å². The Morgan fingerprint density at radius 1 is 1.11 bits per heavy atom. The molecule has 0 aromatic heterocycles. The third kappa shape index (κ3) is 7.13. The Morgan fingerprint density at radius 3 is 2.06 bits per heavy atom. The van der Waals surface area contributed by atoms with Crippen molar-refractivity contribution >= 4 is 16.7 Å². The summed E-state index contributed by atoms with van der Waals surface area (Å²) in [5.74, 6) is 0. The van der Waals surface area contributed by atoms with Crippen molar-refractivity contribution in [2.75, 3.05) is 0 Å². The molecular weight excluding hydrogens is 263 g/mol. The summed E-state index contributed by atoms with van der Waals surface area (Å²) < 4.78 is 52.4. The van der Waals surface area contributed by atoms with Crippen molar-refractivity contribution in [3.05, 3.63) is 0 Å². The third-order valence-electron chi connectivity index (χ3n) is 2.31. The van der Waals surface area contributed by atoms with Gasteiger partial charge in [0, 0.05) is 0 Å². The van der Waals surface area contributed by atoms with Crippen LogP contribution in [0.5, 0.6) is 0 Å². The van der Waals surface area contributed by atoms with Gasteiger partial charge in [0.15, 0.2) is 0 Å². The first-order valence-electron chi connectivity index (χ1n) is 6.15. The molecule has 0 amide bonds. The molecule has 0 aliphatic rings. The van der Waals surface area contributed by atoms with Crippen molar-refractivity contribution in [2.45, 2.75) is 70.7 Å². The molecule has 0 saturated heterocycles. The van der Waals surface area contributed by atoms with Crippen LogP contribution < -0.4 is 0 Å². The summed E-state index contributed by atoms with van der Waals surface area (Å²) in [5.41, 5.74) is -0.896. The van der Waals surface area contributed by atoms with Crippen LogP contribution in [0.4, 0.5) is 13.2 Å². The Morgan fingerprint density at radius 2 is 1.67 bits per heavy atom. The highest BCUT2D eigenvalue weighted by atomic mass is 32.2. The van der Waals surface area contributed by atoms with Crippen LogP contribution >= 0.6 is 0 Å². The average molecular weight is 285 g/mol. The first-order valence-corrected chi connectivity index (χ1v) is 7.26. The average Bonchev–Trinajstić information content (AvgIpc) is 2.19. The SMILES string of the molecule is CCCCCC/C(=N/S(=O)C(C)(C)C)C(F)(F)F. The quantitative estimate of drug-likeness (QED) is 0.524. The molecule has 18 heavy (non-hydrogen) atoms. The van der Waals surface area contributed by atoms with Gasteiger partial charge in [-0.2, -0.15) is 17.6 Å². The Kier molecular flexibility index (Phi) is 7.10. The second-order valence-corrected chi connectivity index (χ2v) is 7.11. The molecule has 0 bridgehead atoms. The van der Waals surface area contributed by atoms with Gasteiger partial charge < -0.3 is 0 Å². The van der Waals surface area contributed by atoms with Crippen molar-refractivity contribution in [2.24, 2.45) is 4.40 Å². The van der Waals surface area contributed by atoms with Gasteiger partial charge >= 0.3 is 6.18 Å². The molecule has 0 heterocycles. The summed E-state index contributed by atoms with van der Waals surface area (Å²) in [6.45, 7) is 6.82. The highest BCUT2D eigenvalue weighted by Gasteiger charge is 2.36. The second kappa shape index (κ2) is 7.26. The van der Waals surface area contributed by atoms with Crippen molar-refractivity contribution < 1.29 is 17.4 Å². The maximum atomic E-state index is 12.7. The number of halogens is 3. The molecule has 0 aromatic rings. The van der Waals surface area contributed by atoms with Gasteiger partial charge in [0.05, 0.1) is 4.75 Å². The molecule has 0 rings (SSSR count). The highest BCUT2D eigenvalue weighted by molar-refractivity contribution is 7.85. The maximum Gasteiger partial charge on any atom is 0.430 e. The Labute approximate surface area is 110 Å². The van der Waals surface area contributed by atoms with Crippen molar-refractivity contribution in [3.8, 4) is 0 Å². The highest BCUT2D eigenvalue weighted by Crippen LogP contribution is 2.24. The van der Waals surface area contributed by atoms with E-state index in [1.807, 2.05) is 6.92 Å². The summed E-state index contributed by atoms with van der Waals surface area (Å²) in [5, 5.41) is 0. The number of alkyl halides is 3. The van der Waals surface area contributed by atoms with Crippen LogP contribution in [0.2, 0.25) is 0 Å². The standard InChI is InChI=1S/C12H22F3NOS/c1-5-6-7-8-9-10(12(13,14)15)16-18(17)11(2,3)4/h5-9H2,1-4H3/b16-10-. The normalized spacial score (nSPS) is 15.8.